The molecule has 0 radical (unpaired) electrons. The molecule has 0 aliphatic carbocycles. The predicted molar refractivity (Wildman–Crippen MR) is 113 cm³/mol. The molecular weight excluding hydrogens is 368 g/mol. The molecule has 0 bridgehead atoms. The van der Waals surface area contributed by atoms with Gasteiger partial charge in [-0.25, -0.2) is 0 Å². The molecule has 1 unspecified atom stereocenters. The normalized spacial score (nSPS) is 18.6. The monoisotopic (exact) mass is 400 g/mol. The molecule has 7 nitrogen and oxygen atoms in total. The number of nitrogens with zero attached hydrogens (tertiary/aromatic N) is 3. The van der Waals surface area contributed by atoms with Crippen molar-refractivity contribution in [2.45, 2.75) is 39.0 Å². The molecule has 2 heterocycles. The number of piperazine rings is 1. The highest BCUT2D eigenvalue weighted by Gasteiger charge is 2.31. The van der Waals surface area contributed by atoms with Gasteiger partial charge in [0.15, 0.2) is 0 Å². The summed E-state index contributed by atoms with van der Waals surface area (Å²) in [5, 5.41) is 2.94. The minimum Gasteiger partial charge on any atom is -0.334 e. The van der Waals surface area contributed by atoms with Gasteiger partial charge in [0.2, 0.25) is 5.91 Å². The third-order valence-corrected chi connectivity index (χ3v) is 5.98. The van der Waals surface area contributed by atoms with Crippen molar-refractivity contribution in [2.24, 2.45) is 0 Å². The number of anilines is 1. The van der Waals surface area contributed by atoms with Crippen molar-refractivity contribution in [3.8, 4) is 0 Å². The summed E-state index contributed by atoms with van der Waals surface area (Å²) in [6, 6.07) is 8.01. The second kappa shape index (κ2) is 9.87. The Bertz CT molecular complexity index is 720. The average molecular weight is 401 g/mol. The van der Waals surface area contributed by atoms with Crippen LogP contribution in [0.3, 0.4) is 0 Å². The summed E-state index contributed by atoms with van der Waals surface area (Å²) in [6.07, 6.45) is 3.04. The van der Waals surface area contributed by atoms with Crippen molar-refractivity contribution >= 4 is 23.4 Å². The lowest BCUT2D eigenvalue weighted by Crippen LogP contribution is -2.54. The van der Waals surface area contributed by atoms with E-state index in [1.165, 1.54) is 5.56 Å². The van der Waals surface area contributed by atoms with E-state index in [0.717, 1.165) is 24.9 Å². The van der Waals surface area contributed by atoms with Gasteiger partial charge in [-0.15, -0.1) is 0 Å². The molecule has 0 saturated carbocycles. The van der Waals surface area contributed by atoms with Crippen LogP contribution in [0.25, 0.3) is 0 Å². The molecule has 0 spiro atoms. The Morgan fingerprint density at radius 2 is 1.45 bits per heavy atom. The van der Waals surface area contributed by atoms with Gasteiger partial charge in [0.05, 0.1) is 6.54 Å². The van der Waals surface area contributed by atoms with Crippen LogP contribution in [0.2, 0.25) is 0 Å². The maximum Gasteiger partial charge on any atom is 0.312 e. The highest BCUT2D eigenvalue weighted by Crippen LogP contribution is 2.20. The number of carbonyl (C=O) groups is 3. The molecule has 1 aromatic carbocycles. The summed E-state index contributed by atoms with van der Waals surface area (Å²) in [5.74, 6) is -0.336. The lowest BCUT2D eigenvalue weighted by molar-refractivity contribution is -0.152. The first-order valence-electron chi connectivity index (χ1n) is 10.7. The van der Waals surface area contributed by atoms with Crippen molar-refractivity contribution in [2.75, 3.05) is 51.1 Å². The maximum absolute atomic E-state index is 12.4. The maximum atomic E-state index is 12.4. The third kappa shape index (κ3) is 5.56. The molecular formula is C22H32N4O3. The molecule has 3 rings (SSSR count). The van der Waals surface area contributed by atoms with Crippen LogP contribution in [0.1, 0.15) is 44.6 Å². The predicted octanol–water partition coefficient (Wildman–Crippen LogP) is 1.91. The van der Waals surface area contributed by atoms with E-state index in [1.54, 1.807) is 9.80 Å². The average Bonchev–Trinajstić information content (AvgIpc) is 3.28. The van der Waals surface area contributed by atoms with Gasteiger partial charge in [-0.1, -0.05) is 26.0 Å². The highest BCUT2D eigenvalue weighted by molar-refractivity contribution is 6.35. The van der Waals surface area contributed by atoms with Crippen molar-refractivity contribution in [1.29, 1.82) is 0 Å². The Kier molecular flexibility index (Phi) is 7.25. The molecule has 2 saturated heterocycles. The fraction of sp³-hybridized carbons (Fsp3) is 0.591. The van der Waals surface area contributed by atoms with Crippen LogP contribution in [-0.2, 0) is 14.4 Å². The van der Waals surface area contributed by atoms with Crippen LogP contribution >= 0.6 is 0 Å². The molecule has 0 aromatic heterocycles. The van der Waals surface area contributed by atoms with E-state index in [4.69, 9.17) is 0 Å². The van der Waals surface area contributed by atoms with Crippen LogP contribution in [0.15, 0.2) is 24.3 Å². The Balaban J connectivity index is 1.42. The minimum absolute atomic E-state index is 0.0609. The highest BCUT2D eigenvalue weighted by atomic mass is 16.2. The van der Waals surface area contributed by atoms with Gasteiger partial charge in [0.1, 0.15) is 0 Å². The molecule has 7 heteroatoms. The first-order chi connectivity index (χ1) is 14.0. The van der Waals surface area contributed by atoms with Gasteiger partial charge in [-0.3, -0.25) is 19.3 Å². The van der Waals surface area contributed by atoms with E-state index in [0.29, 0.717) is 45.2 Å². The van der Waals surface area contributed by atoms with Gasteiger partial charge in [-0.2, -0.15) is 0 Å². The number of likely N-dealkylation sites (tertiary alicyclic amines) is 1. The Morgan fingerprint density at radius 1 is 0.897 bits per heavy atom. The Labute approximate surface area is 173 Å². The van der Waals surface area contributed by atoms with Gasteiger partial charge >= 0.3 is 11.8 Å². The van der Waals surface area contributed by atoms with Crippen molar-refractivity contribution < 1.29 is 14.4 Å². The van der Waals surface area contributed by atoms with Gasteiger partial charge in [0, 0.05) is 45.0 Å². The molecule has 2 aliphatic rings. The second-order valence-corrected chi connectivity index (χ2v) is 8.05. The zero-order valence-electron chi connectivity index (χ0n) is 17.5. The van der Waals surface area contributed by atoms with Gasteiger partial charge in [-0.05, 0) is 42.9 Å². The SMILES string of the molecule is CCC(C)c1ccc(NC(=O)CN2CCN(C(=O)C(=O)N3CCCC3)CC2)cc1. The molecule has 3 amide bonds. The molecule has 2 fully saturated rings. The first kappa shape index (κ1) is 21.3. The number of hydrogen-bond acceptors (Lipinski definition) is 4. The fourth-order valence-electron chi connectivity index (χ4n) is 3.83. The smallest absolute Gasteiger partial charge is 0.312 e. The Hall–Kier alpha value is -2.41. The van der Waals surface area contributed by atoms with Crippen molar-refractivity contribution in [3.63, 3.8) is 0 Å². The van der Waals surface area contributed by atoms with Crippen LogP contribution < -0.4 is 5.32 Å². The molecule has 1 atom stereocenters. The van der Waals surface area contributed by atoms with Crippen LogP contribution in [-0.4, -0.2) is 78.2 Å². The zero-order valence-corrected chi connectivity index (χ0v) is 17.5. The number of amides is 3. The fourth-order valence-corrected chi connectivity index (χ4v) is 3.83. The first-order valence-corrected chi connectivity index (χ1v) is 10.7. The summed E-state index contributed by atoms with van der Waals surface area (Å²) >= 11 is 0. The quantitative estimate of drug-likeness (QED) is 0.767. The lowest BCUT2D eigenvalue weighted by atomic mass is 9.99. The molecule has 29 heavy (non-hydrogen) atoms. The lowest BCUT2D eigenvalue weighted by Gasteiger charge is -2.34. The van der Waals surface area contributed by atoms with E-state index in [1.807, 2.05) is 17.0 Å². The van der Waals surface area contributed by atoms with Crippen molar-refractivity contribution in [3.05, 3.63) is 29.8 Å². The number of rotatable bonds is 5. The molecule has 1 aromatic rings. The second-order valence-electron chi connectivity index (χ2n) is 8.05. The molecule has 2 aliphatic heterocycles. The molecule has 158 valence electrons. The number of hydrogen-bond donors (Lipinski definition) is 1. The van der Waals surface area contributed by atoms with Crippen LogP contribution in [0.4, 0.5) is 5.69 Å². The summed E-state index contributed by atoms with van der Waals surface area (Å²) in [7, 11) is 0. The van der Waals surface area contributed by atoms with E-state index < -0.39 is 5.91 Å². The number of carbonyl (C=O) groups excluding carboxylic acids is 3. The van der Waals surface area contributed by atoms with Crippen molar-refractivity contribution in [1.82, 2.24) is 14.7 Å². The van der Waals surface area contributed by atoms with Crippen LogP contribution in [0, 0.1) is 0 Å². The van der Waals surface area contributed by atoms with Gasteiger partial charge in [0.25, 0.3) is 0 Å². The summed E-state index contributed by atoms with van der Waals surface area (Å²) in [5.41, 5.74) is 2.07. The summed E-state index contributed by atoms with van der Waals surface area (Å²) in [6.45, 7) is 8.16. The van der Waals surface area contributed by atoms with E-state index in [-0.39, 0.29) is 18.4 Å². The van der Waals surface area contributed by atoms with Crippen LogP contribution in [0.5, 0.6) is 0 Å². The largest absolute Gasteiger partial charge is 0.334 e. The van der Waals surface area contributed by atoms with Gasteiger partial charge < -0.3 is 15.1 Å². The summed E-state index contributed by atoms with van der Waals surface area (Å²) in [4.78, 5) is 42.3. The topological polar surface area (TPSA) is 73.0 Å². The zero-order chi connectivity index (χ0) is 20.8. The number of benzene rings is 1. The van der Waals surface area contributed by atoms with E-state index in [2.05, 4.69) is 31.3 Å². The Morgan fingerprint density at radius 3 is 2.00 bits per heavy atom. The number of nitrogens with one attached hydrogen (secondary N) is 1. The molecule has 1 N–H and O–H groups in total. The minimum atomic E-state index is -0.405. The standard InChI is InChI=1S/C22H32N4O3/c1-3-17(2)18-6-8-19(9-7-18)23-20(27)16-24-12-14-26(15-13-24)22(29)21(28)25-10-4-5-11-25/h6-9,17H,3-5,10-16H2,1-2H3,(H,23,27). The van der Waals surface area contributed by atoms with E-state index in [9.17, 15) is 14.4 Å². The summed E-state index contributed by atoms with van der Waals surface area (Å²) < 4.78 is 0. The third-order valence-electron chi connectivity index (χ3n) is 5.98. The van der Waals surface area contributed by atoms with E-state index >= 15 is 0 Å².